The highest BCUT2D eigenvalue weighted by atomic mass is 32.1. The highest BCUT2D eigenvalue weighted by molar-refractivity contribution is 7.09. The second-order valence-corrected chi connectivity index (χ2v) is 7.57. The normalized spacial score (nSPS) is 16.4. The van der Waals surface area contributed by atoms with E-state index in [4.69, 9.17) is 0 Å². The lowest BCUT2D eigenvalue weighted by Crippen LogP contribution is -2.36. The summed E-state index contributed by atoms with van der Waals surface area (Å²) in [4.78, 5) is 18.6. The third-order valence-electron chi connectivity index (χ3n) is 4.89. The Hall–Kier alpha value is -1.66. The van der Waals surface area contributed by atoms with Gasteiger partial charge in [-0.05, 0) is 31.7 Å². The molecule has 3 heterocycles. The molecule has 2 aromatic heterocycles. The fourth-order valence-electron chi connectivity index (χ4n) is 3.34. The summed E-state index contributed by atoms with van der Waals surface area (Å²) in [5.41, 5.74) is 3.15. The molecule has 5 nitrogen and oxygen atoms in total. The van der Waals surface area contributed by atoms with E-state index < -0.39 is 0 Å². The van der Waals surface area contributed by atoms with Crippen molar-refractivity contribution in [1.29, 1.82) is 0 Å². The Labute approximate surface area is 147 Å². The zero-order valence-corrected chi connectivity index (χ0v) is 15.6. The smallest absolute Gasteiger partial charge is 0.227 e. The minimum atomic E-state index is 0.229. The fraction of sp³-hybridized carbons (Fsp3) is 0.556. The first-order valence-corrected chi connectivity index (χ1v) is 9.44. The number of hydrogen-bond acceptors (Lipinski definition) is 4. The second-order valence-electron chi connectivity index (χ2n) is 6.54. The van der Waals surface area contributed by atoms with E-state index in [0.717, 1.165) is 56.1 Å². The second kappa shape index (κ2) is 7.49. The van der Waals surface area contributed by atoms with Gasteiger partial charge in [-0.2, -0.15) is 5.10 Å². The average Bonchev–Trinajstić information content (AvgIpc) is 3.05. The fourth-order valence-corrected chi connectivity index (χ4v) is 4.08. The van der Waals surface area contributed by atoms with Gasteiger partial charge in [0.05, 0.1) is 12.1 Å². The van der Waals surface area contributed by atoms with Crippen molar-refractivity contribution >= 4 is 17.2 Å². The molecule has 1 fully saturated rings. The number of hydrogen-bond donors (Lipinski definition) is 0. The quantitative estimate of drug-likeness (QED) is 0.853. The Bertz CT molecular complexity index is 692. The summed E-state index contributed by atoms with van der Waals surface area (Å²) < 4.78 is 1.86. The molecule has 0 atom stereocenters. The number of nitrogens with zero attached hydrogens (tertiary/aromatic N) is 4. The van der Waals surface area contributed by atoms with Crippen LogP contribution in [0.25, 0.3) is 0 Å². The molecule has 24 heavy (non-hydrogen) atoms. The molecule has 3 rings (SSSR count). The molecule has 6 heteroatoms. The molecule has 0 aliphatic carbocycles. The van der Waals surface area contributed by atoms with Crippen LogP contribution in [0.1, 0.15) is 28.2 Å². The molecule has 0 spiro atoms. The van der Waals surface area contributed by atoms with Crippen LogP contribution in [0.4, 0.5) is 0 Å². The maximum Gasteiger partial charge on any atom is 0.227 e. The van der Waals surface area contributed by atoms with Crippen molar-refractivity contribution in [2.45, 2.75) is 33.2 Å². The van der Waals surface area contributed by atoms with Crippen molar-refractivity contribution in [1.82, 2.24) is 19.6 Å². The molecule has 0 radical (unpaired) electrons. The lowest BCUT2D eigenvalue weighted by molar-refractivity contribution is -0.130. The third-order valence-corrected chi connectivity index (χ3v) is 5.75. The Balaban J connectivity index is 1.58. The van der Waals surface area contributed by atoms with Crippen molar-refractivity contribution < 1.29 is 4.79 Å². The molecule has 0 N–H and O–H groups in total. The number of aryl methyl sites for hydroxylation is 2. The van der Waals surface area contributed by atoms with E-state index in [1.807, 2.05) is 30.5 Å². The first-order valence-electron chi connectivity index (χ1n) is 8.56. The van der Waals surface area contributed by atoms with E-state index in [1.165, 1.54) is 4.88 Å². The molecular weight excluding hydrogens is 320 g/mol. The number of carbonyl (C=O) groups is 1. The standard InChI is InChI=1S/C18H26N4OS/c1-14-17(15(2)20(3)19-14)12-18(23)22-8-5-7-21(9-10-22)13-16-6-4-11-24-16/h4,6,11H,5,7-10,12-13H2,1-3H3. The molecule has 130 valence electrons. The van der Waals surface area contributed by atoms with Crippen LogP contribution in [0.15, 0.2) is 17.5 Å². The topological polar surface area (TPSA) is 41.4 Å². The summed E-state index contributed by atoms with van der Waals surface area (Å²) in [7, 11) is 1.94. The number of thiophene rings is 1. The van der Waals surface area contributed by atoms with Crippen LogP contribution in [0.5, 0.6) is 0 Å². The van der Waals surface area contributed by atoms with Gasteiger partial charge in [-0.25, -0.2) is 0 Å². The van der Waals surface area contributed by atoms with Crippen molar-refractivity contribution in [3.05, 3.63) is 39.3 Å². The van der Waals surface area contributed by atoms with Gasteiger partial charge in [0.2, 0.25) is 5.91 Å². The monoisotopic (exact) mass is 346 g/mol. The van der Waals surface area contributed by atoms with Crippen molar-refractivity contribution in [3.63, 3.8) is 0 Å². The number of carbonyl (C=O) groups excluding carboxylic acids is 1. The maximum atomic E-state index is 12.7. The first-order chi connectivity index (χ1) is 11.5. The van der Waals surface area contributed by atoms with Crippen LogP contribution in [0.3, 0.4) is 0 Å². The molecule has 0 unspecified atom stereocenters. The molecule has 0 bridgehead atoms. The number of rotatable bonds is 4. The highest BCUT2D eigenvalue weighted by Gasteiger charge is 2.21. The Morgan fingerprint density at radius 3 is 2.75 bits per heavy atom. The van der Waals surface area contributed by atoms with Gasteiger partial charge in [-0.3, -0.25) is 14.4 Å². The van der Waals surface area contributed by atoms with E-state index in [0.29, 0.717) is 6.42 Å². The van der Waals surface area contributed by atoms with E-state index >= 15 is 0 Å². The first kappa shape index (κ1) is 17.2. The lowest BCUT2D eigenvalue weighted by Gasteiger charge is -2.22. The van der Waals surface area contributed by atoms with Gasteiger partial charge < -0.3 is 4.90 Å². The van der Waals surface area contributed by atoms with Gasteiger partial charge >= 0.3 is 0 Å². The van der Waals surface area contributed by atoms with Crippen LogP contribution in [0, 0.1) is 13.8 Å². The minimum Gasteiger partial charge on any atom is -0.341 e. The summed E-state index contributed by atoms with van der Waals surface area (Å²) in [6.45, 7) is 8.72. The van der Waals surface area contributed by atoms with Gasteiger partial charge in [0, 0.05) is 55.9 Å². The van der Waals surface area contributed by atoms with Crippen molar-refractivity contribution in [2.75, 3.05) is 26.2 Å². The van der Waals surface area contributed by atoms with Gasteiger partial charge in [0.15, 0.2) is 0 Å². The highest BCUT2D eigenvalue weighted by Crippen LogP contribution is 2.16. The summed E-state index contributed by atoms with van der Waals surface area (Å²) >= 11 is 1.81. The molecule has 1 saturated heterocycles. The Morgan fingerprint density at radius 2 is 2.08 bits per heavy atom. The number of aromatic nitrogens is 2. The molecule has 1 amide bonds. The Morgan fingerprint density at radius 1 is 1.25 bits per heavy atom. The molecule has 1 aliphatic rings. The number of amides is 1. The molecule has 2 aromatic rings. The average molecular weight is 347 g/mol. The zero-order valence-electron chi connectivity index (χ0n) is 14.8. The van der Waals surface area contributed by atoms with Gasteiger partial charge in [-0.1, -0.05) is 6.07 Å². The molecule has 0 saturated carbocycles. The predicted octanol–water partition coefficient (Wildman–Crippen LogP) is 2.38. The SMILES string of the molecule is Cc1nn(C)c(C)c1CC(=O)N1CCCN(Cc2cccs2)CC1. The van der Waals surface area contributed by atoms with Crippen LogP contribution in [0.2, 0.25) is 0 Å². The molecule has 0 aromatic carbocycles. The summed E-state index contributed by atoms with van der Waals surface area (Å²) in [6.07, 6.45) is 1.51. The van der Waals surface area contributed by atoms with Crippen LogP contribution in [-0.4, -0.2) is 51.7 Å². The van der Waals surface area contributed by atoms with E-state index in [-0.39, 0.29) is 5.91 Å². The lowest BCUT2D eigenvalue weighted by atomic mass is 10.1. The summed E-state index contributed by atoms with van der Waals surface area (Å²) in [5.74, 6) is 0.229. The van der Waals surface area contributed by atoms with Crippen LogP contribution in [-0.2, 0) is 24.8 Å². The molecule has 1 aliphatic heterocycles. The largest absolute Gasteiger partial charge is 0.341 e. The zero-order chi connectivity index (χ0) is 17.1. The van der Waals surface area contributed by atoms with Crippen LogP contribution >= 0.6 is 11.3 Å². The Kier molecular flexibility index (Phi) is 5.36. The summed E-state index contributed by atoms with van der Waals surface area (Å²) in [5, 5.41) is 6.55. The van der Waals surface area contributed by atoms with E-state index in [2.05, 4.69) is 27.5 Å². The van der Waals surface area contributed by atoms with Crippen molar-refractivity contribution in [3.8, 4) is 0 Å². The van der Waals surface area contributed by atoms with E-state index in [9.17, 15) is 4.79 Å². The maximum absolute atomic E-state index is 12.7. The summed E-state index contributed by atoms with van der Waals surface area (Å²) in [6, 6.07) is 4.29. The predicted molar refractivity (Wildman–Crippen MR) is 97.2 cm³/mol. The van der Waals surface area contributed by atoms with Crippen molar-refractivity contribution in [2.24, 2.45) is 7.05 Å². The molecular formula is C18H26N4OS. The van der Waals surface area contributed by atoms with Crippen LogP contribution < -0.4 is 0 Å². The van der Waals surface area contributed by atoms with Gasteiger partial charge in [0.1, 0.15) is 0 Å². The van der Waals surface area contributed by atoms with E-state index in [1.54, 1.807) is 11.3 Å². The van der Waals surface area contributed by atoms with Gasteiger partial charge in [-0.15, -0.1) is 11.3 Å². The third kappa shape index (κ3) is 3.87. The van der Waals surface area contributed by atoms with Gasteiger partial charge in [0.25, 0.3) is 0 Å². The minimum absolute atomic E-state index is 0.229.